The summed E-state index contributed by atoms with van der Waals surface area (Å²) in [6.45, 7) is 1.14. The summed E-state index contributed by atoms with van der Waals surface area (Å²) in [5.41, 5.74) is -0.854. The van der Waals surface area contributed by atoms with Crippen molar-refractivity contribution in [2.75, 3.05) is 6.61 Å². The number of ether oxygens (including phenoxy) is 2. The van der Waals surface area contributed by atoms with E-state index in [1.807, 2.05) is 0 Å². The lowest BCUT2D eigenvalue weighted by molar-refractivity contribution is -0.157. The maximum Gasteiger partial charge on any atom is 0.344 e. The van der Waals surface area contributed by atoms with E-state index in [0.29, 0.717) is 23.6 Å². The van der Waals surface area contributed by atoms with E-state index in [0.717, 1.165) is 19.3 Å². The van der Waals surface area contributed by atoms with Crippen LogP contribution in [0.15, 0.2) is 24.3 Å². The molecule has 0 spiro atoms. The molecule has 0 aromatic heterocycles. The highest BCUT2D eigenvalue weighted by atomic mass is 35.5. The smallest absolute Gasteiger partial charge is 0.344 e. The maximum atomic E-state index is 12.2. The predicted molar refractivity (Wildman–Crippen MR) is 92.1 cm³/mol. The molecule has 1 amide bonds. The van der Waals surface area contributed by atoms with Gasteiger partial charge in [0, 0.05) is 5.02 Å². The van der Waals surface area contributed by atoms with E-state index >= 15 is 0 Å². The monoisotopic (exact) mass is 364 g/mol. The van der Waals surface area contributed by atoms with Gasteiger partial charge in [-0.3, -0.25) is 4.79 Å². The van der Waals surface area contributed by atoms with Gasteiger partial charge in [0.1, 0.15) is 11.3 Å². The van der Waals surface area contributed by atoms with Crippen molar-refractivity contribution in [2.24, 2.45) is 0 Å². The Morgan fingerprint density at radius 1 is 1.36 bits per heavy atom. The van der Waals surface area contributed by atoms with Crippen LogP contribution in [0, 0.1) is 11.3 Å². The standard InChI is InChI=1S/C18H21ClN2O4/c1-13(17(23)21-18(12-20)8-3-2-4-9-18)25-16(22)11-24-15-7-5-6-14(19)10-15/h5-7,10,13H,2-4,8-9,11H2,1H3,(H,21,23)/t13-/m0/s1. The second-order valence-corrected chi connectivity index (χ2v) is 6.56. The van der Waals surface area contributed by atoms with Crippen LogP contribution >= 0.6 is 11.6 Å². The molecule has 25 heavy (non-hydrogen) atoms. The maximum absolute atomic E-state index is 12.2. The van der Waals surface area contributed by atoms with Gasteiger partial charge in [0.25, 0.3) is 5.91 Å². The third kappa shape index (κ3) is 5.64. The number of carbonyl (C=O) groups is 2. The molecule has 1 aliphatic carbocycles. The van der Waals surface area contributed by atoms with Crippen LogP contribution in [0.25, 0.3) is 0 Å². The first kappa shape index (κ1) is 19.1. The summed E-state index contributed by atoms with van der Waals surface area (Å²) in [5, 5.41) is 12.6. The van der Waals surface area contributed by atoms with Crippen LogP contribution in [-0.4, -0.2) is 30.1 Å². The van der Waals surface area contributed by atoms with Crippen molar-refractivity contribution < 1.29 is 19.1 Å². The molecule has 1 atom stereocenters. The van der Waals surface area contributed by atoms with E-state index < -0.39 is 23.5 Å². The molecule has 1 saturated carbocycles. The third-order valence-corrected chi connectivity index (χ3v) is 4.35. The van der Waals surface area contributed by atoms with E-state index in [1.165, 1.54) is 6.92 Å². The molecule has 134 valence electrons. The summed E-state index contributed by atoms with van der Waals surface area (Å²) < 4.78 is 10.4. The van der Waals surface area contributed by atoms with E-state index in [9.17, 15) is 14.9 Å². The van der Waals surface area contributed by atoms with Gasteiger partial charge in [-0.05, 0) is 38.0 Å². The minimum atomic E-state index is -0.998. The highest BCUT2D eigenvalue weighted by Crippen LogP contribution is 2.27. The zero-order valence-corrected chi connectivity index (χ0v) is 14.8. The number of nitriles is 1. The summed E-state index contributed by atoms with van der Waals surface area (Å²) >= 11 is 5.83. The van der Waals surface area contributed by atoms with Crippen LogP contribution < -0.4 is 10.1 Å². The number of hydrogen-bond donors (Lipinski definition) is 1. The number of rotatable bonds is 6. The van der Waals surface area contributed by atoms with Crippen molar-refractivity contribution in [3.05, 3.63) is 29.3 Å². The second kappa shape index (κ2) is 8.72. The molecule has 1 aromatic carbocycles. The van der Waals surface area contributed by atoms with Gasteiger partial charge >= 0.3 is 5.97 Å². The minimum absolute atomic E-state index is 0.332. The number of hydrogen-bond acceptors (Lipinski definition) is 5. The average Bonchev–Trinajstić information content (AvgIpc) is 2.60. The molecule has 0 radical (unpaired) electrons. The van der Waals surface area contributed by atoms with Gasteiger partial charge in [-0.15, -0.1) is 0 Å². The first-order valence-electron chi connectivity index (χ1n) is 8.25. The molecule has 2 rings (SSSR count). The molecule has 0 saturated heterocycles. The normalized spacial score (nSPS) is 17.0. The summed E-state index contributed by atoms with van der Waals surface area (Å²) in [7, 11) is 0. The molecule has 0 bridgehead atoms. The van der Waals surface area contributed by atoms with Gasteiger partial charge < -0.3 is 14.8 Å². The Morgan fingerprint density at radius 3 is 2.72 bits per heavy atom. The molecule has 1 fully saturated rings. The molecule has 0 aliphatic heterocycles. The van der Waals surface area contributed by atoms with Crippen molar-refractivity contribution >= 4 is 23.5 Å². The van der Waals surface area contributed by atoms with Crippen LogP contribution in [-0.2, 0) is 14.3 Å². The van der Waals surface area contributed by atoms with E-state index in [-0.39, 0.29) is 6.61 Å². The van der Waals surface area contributed by atoms with Gasteiger partial charge in [0.15, 0.2) is 12.7 Å². The fourth-order valence-corrected chi connectivity index (χ4v) is 2.92. The van der Waals surface area contributed by atoms with E-state index in [1.54, 1.807) is 24.3 Å². The summed E-state index contributed by atoms with van der Waals surface area (Å²) in [5.74, 6) is -0.705. The number of carbonyl (C=O) groups excluding carboxylic acids is 2. The molecule has 0 unspecified atom stereocenters. The fourth-order valence-electron chi connectivity index (χ4n) is 2.74. The summed E-state index contributed by atoms with van der Waals surface area (Å²) in [4.78, 5) is 24.1. The fraction of sp³-hybridized carbons (Fsp3) is 0.500. The Balaban J connectivity index is 1.81. The van der Waals surface area contributed by atoms with Crippen LogP contribution in [0.2, 0.25) is 5.02 Å². The lowest BCUT2D eigenvalue weighted by Crippen LogP contribution is -2.52. The number of halogens is 1. The molecular formula is C18H21ClN2O4. The molecule has 0 heterocycles. The summed E-state index contributed by atoms with van der Waals surface area (Å²) in [6.07, 6.45) is 3.10. The Hall–Kier alpha value is -2.26. The zero-order valence-electron chi connectivity index (χ0n) is 14.1. The van der Waals surface area contributed by atoms with Crippen LogP contribution in [0.3, 0.4) is 0 Å². The molecule has 1 aliphatic rings. The molecule has 6 nitrogen and oxygen atoms in total. The average molecular weight is 365 g/mol. The molecular weight excluding hydrogens is 344 g/mol. The summed E-state index contributed by atoms with van der Waals surface area (Å²) in [6, 6.07) is 8.82. The molecule has 7 heteroatoms. The Morgan fingerprint density at radius 2 is 2.08 bits per heavy atom. The quantitative estimate of drug-likeness (QED) is 0.784. The SMILES string of the molecule is C[C@H](OC(=O)COc1cccc(Cl)c1)C(=O)NC1(C#N)CCCCC1. The molecule has 1 aromatic rings. The van der Waals surface area contributed by atoms with Gasteiger partial charge in [-0.1, -0.05) is 36.9 Å². The highest BCUT2D eigenvalue weighted by Gasteiger charge is 2.35. The first-order valence-corrected chi connectivity index (χ1v) is 8.63. The third-order valence-electron chi connectivity index (χ3n) is 4.11. The second-order valence-electron chi connectivity index (χ2n) is 6.12. The van der Waals surface area contributed by atoms with Crippen molar-refractivity contribution in [3.8, 4) is 11.8 Å². The number of nitrogens with zero attached hydrogens (tertiary/aromatic N) is 1. The Labute approximate surface area is 152 Å². The van der Waals surface area contributed by atoms with E-state index in [2.05, 4.69) is 11.4 Å². The lowest BCUT2D eigenvalue weighted by Gasteiger charge is -2.32. The predicted octanol–water partition coefficient (Wildman–Crippen LogP) is 2.99. The van der Waals surface area contributed by atoms with Gasteiger partial charge in [-0.2, -0.15) is 5.26 Å². The van der Waals surface area contributed by atoms with E-state index in [4.69, 9.17) is 21.1 Å². The van der Waals surface area contributed by atoms with Crippen LogP contribution in [0.1, 0.15) is 39.0 Å². The Kier molecular flexibility index (Phi) is 6.65. The number of nitrogens with one attached hydrogen (secondary N) is 1. The number of amides is 1. The number of benzene rings is 1. The van der Waals surface area contributed by atoms with Crippen molar-refractivity contribution in [1.29, 1.82) is 5.26 Å². The lowest BCUT2D eigenvalue weighted by atomic mass is 9.83. The Bertz CT molecular complexity index is 665. The van der Waals surface area contributed by atoms with Gasteiger partial charge in [0.05, 0.1) is 6.07 Å². The van der Waals surface area contributed by atoms with Crippen molar-refractivity contribution in [1.82, 2.24) is 5.32 Å². The molecule has 1 N–H and O–H groups in total. The van der Waals surface area contributed by atoms with Crippen molar-refractivity contribution in [2.45, 2.75) is 50.7 Å². The zero-order chi connectivity index (χ0) is 18.3. The minimum Gasteiger partial charge on any atom is -0.482 e. The highest BCUT2D eigenvalue weighted by molar-refractivity contribution is 6.30. The van der Waals surface area contributed by atoms with Gasteiger partial charge in [-0.25, -0.2) is 4.79 Å². The van der Waals surface area contributed by atoms with Gasteiger partial charge in [0.2, 0.25) is 0 Å². The topological polar surface area (TPSA) is 88.4 Å². The number of esters is 1. The van der Waals surface area contributed by atoms with Crippen LogP contribution in [0.5, 0.6) is 5.75 Å². The first-order chi connectivity index (χ1) is 11.9. The van der Waals surface area contributed by atoms with Crippen LogP contribution in [0.4, 0.5) is 0 Å². The largest absolute Gasteiger partial charge is 0.482 e. The van der Waals surface area contributed by atoms with Crippen molar-refractivity contribution in [3.63, 3.8) is 0 Å².